The Hall–Kier alpha value is -1.39. The van der Waals surface area contributed by atoms with E-state index >= 15 is 0 Å². The van der Waals surface area contributed by atoms with Crippen LogP contribution in [0.15, 0.2) is 24.3 Å². The molecule has 0 atom stereocenters. The first-order chi connectivity index (χ1) is 7.87. The Morgan fingerprint density at radius 1 is 1.35 bits per heavy atom. The number of anilines is 1. The fraction of sp³-hybridized carbons (Fsp3) is 0.462. The second-order valence-corrected chi connectivity index (χ2v) is 4.95. The van der Waals surface area contributed by atoms with Crippen molar-refractivity contribution in [1.29, 1.82) is 0 Å². The van der Waals surface area contributed by atoms with Crippen LogP contribution in [0.3, 0.4) is 0 Å². The quantitative estimate of drug-likeness (QED) is 0.788. The van der Waals surface area contributed by atoms with Crippen LogP contribution in [-0.4, -0.2) is 18.1 Å². The number of rotatable bonds is 4. The van der Waals surface area contributed by atoms with Gasteiger partial charge >= 0.3 is 0 Å². The molecule has 1 rings (SSSR count). The normalized spacial score (nSPS) is 11.3. The van der Waals surface area contributed by atoms with E-state index in [4.69, 9.17) is 4.84 Å². The summed E-state index contributed by atoms with van der Waals surface area (Å²) >= 11 is 0. The SMILES string of the molecule is Cc1cccc(NC(=O)CNOC(C)(C)C)c1. The Labute approximate surface area is 102 Å². The Bertz CT molecular complexity index is 383. The van der Waals surface area contributed by atoms with E-state index in [2.05, 4.69) is 10.8 Å². The average molecular weight is 236 g/mol. The maximum atomic E-state index is 11.6. The third kappa shape index (κ3) is 6.04. The van der Waals surface area contributed by atoms with Gasteiger partial charge in [0.05, 0.1) is 5.60 Å². The molecule has 0 saturated heterocycles. The van der Waals surface area contributed by atoms with E-state index in [0.29, 0.717) is 0 Å². The molecule has 0 aliphatic rings. The molecule has 0 unspecified atom stereocenters. The lowest BCUT2D eigenvalue weighted by Gasteiger charge is -2.19. The predicted octanol–water partition coefficient (Wildman–Crippen LogP) is 2.25. The van der Waals surface area contributed by atoms with Gasteiger partial charge in [-0.2, -0.15) is 5.48 Å². The summed E-state index contributed by atoms with van der Waals surface area (Å²) in [6, 6.07) is 7.67. The Morgan fingerprint density at radius 3 is 2.65 bits per heavy atom. The standard InChI is InChI=1S/C13H20N2O2/c1-10-6-5-7-11(8-10)15-12(16)9-14-17-13(2,3)4/h5-8,14H,9H2,1-4H3,(H,15,16). The number of hydrogen-bond acceptors (Lipinski definition) is 3. The van der Waals surface area contributed by atoms with E-state index in [0.717, 1.165) is 11.3 Å². The van der Waals surface area contributed by atoms with E-state index in [1.54, 1.807) is 0 Å². The molecular formula is C13H20N2O2. The zero-order chi connectivity index (χ0) is 12.9. The maximum absolute atomic E-state index is 11.6. The van der Waals surface area contributed by atoms with Crippen LogP contribution >= 0.6 is 0 Å². The van der Waals surface area contributed by atoms with E-state index in [9.17, 15) is 4.79 Å². The first kappa shape index (κ1) is 13.7. The maximum Gasteiger partial charge on any atom is 0.240 e. The summed E-state index contributed by atoms with van der Waals surface area (Å²) < 4.78 is 0. The Balaban J connectivity index is 2.35. The number of carbonyl (C=O) groups is 1. The molecule has 0 aliphatic heterocycles. The smallest absolute Gasteiger partial charge is 0.240 e. The minimum atomic E-state index is -0.302. The number of carbonyl (C=O) groups excluding carboxylic acids is 1. The molecule has 0 spiro atoms. The van der Waals surface area contributed by atoms with E-state index in [-0.39, 0.29) is 18.1 Å². The highest BCUT2D eigenvalue weighted by Gasteiger charge is 2.11. The van der Waals surface area contributed by atoms with Crippen molar-refractivity contribution in [3.63, 3.8) is 0 Å². The largest absolute Gasteiger partial charge is 0.325 e. The first-order valence-corrected chi connectivity index (χ1v) is 5.64. The van der Waals surface area contributed by atoms with E-state index in [1.807, 2.05) is 52.0 Å². The summed E-state index contributed by atoms with van der Waals surface area (Å²) in [7, 11) is 0. The van der Waals surface area contributed by atoms with Crippen molar-refractivity contribution in [3.05, 3.63) is 29.8 Å². The summed E-state index contributed by atoms with van der Waals surface area (Å²) in [5.41, 5.74) is 4.26. The van der Waals surface area contributed by atoms with Gasteiger partial charge in [-0.25, -0.2) is 0 Å². The molecule has 2 N–H and O–H groups in total. The highest BCUT2D eigenvalue weighted by Crippen LogP contribution is 2.09. The van der Waals surface area contributed by atoms with Crippen molar-refractivity contribution in [3.8, 4) is 0 Å². The molecule has 0 heterocycles. The predicted molar refractivity (Wildman–Crippen MR) is 68.6 cm³/mol. The van der Waals surface area contributed by atoms with Crippen LogP contribution in [0.2, 0.25) is 0 Å². The monoisotopic (exact) mass is 236 g/mol. The van der Waals surface area contributed by atoms with Crippen LogP contribution < -0.4 is 10.8 Å². The van der Waals surface area contributed by atoms with Gasteiger partial charge < -0.3 is 5.32 Å². The number of benzene rings is 1. The van der Waals surface area contributed by atoms with Crippen molar-refractivity contribution in [2.45, 2.75) is 33.3 Å². The molecule has 4 nitrogen and oxygen atoms in total. The van der Waals surface area contributed by atoms with Crippen LogP contribution in [-0.2, 0) is 9.63 Å². The molecule has 1 amide bonds. The van der Waals surface area contributed by atoms with Crippen LogP contribution in [0.4, 0.5) is 5.69 Å². The van der Waals surface area contributed by atoms with Gasteiger partial charge in [0, 0.05) is 5.69 Å². The molecule has 1 aromatic rings. The van der Waals surface area contributed by atoms with Crippen molar-refractivity contribution in [1.82, 2.24) is 5.48 Å². The molecule has 0 radical (unpaired) electrons. The number of hydroxylamine groups is 1. The Morgan fingerprint density at radius 2 is 2.06 bits per heavy atom. The molecule has 0 aliphatic carbocycles. The molecular weight excluding hydrogens is 216 g/mol. The van der Waals surface area contributed by atoms with Gasteiger partial charge in [0.25, 0.3) is 0 Å². The number of nitrogens with one attached hydrogen (secondary N) is 2. The molecule has 4 heteroatoms. The molecule has 0 aromatic heterocycles. The second-order valence-electron chi connectivity index (χ2n) is 4.95. The summed E-state index contributed by atoms with van der Waals surface area (Å²) in [5, 5.41) is 2.79. The van der Waals surface area contributed by atoms with Crippen molar-refractivity contribution >= 4 is 11.6 Å². The highest BCUT2D eigenvalue weighted by molar-refractivity contribution is 5.92. The molecule has 17 heavy (non-hydrogen) atoms. The van der Waals surface area contributed by atoms with E-state index in [1.165, 1.54) is 0 Å². The van der Waals surface area contributed by atoms with Crippen molar-refractivity contribution < 1.29 is 9.63 Å². The lowest BCUT2D eigenvalue weighted by atomic mass is 10.2. The van der Waals surface area contributed by atoms with Gasteiger partial charge in [0.15, 0.2) is 0 Å². The first-order valence-electron chi connectivity index (χ1n) is 5.64. The summed E-state index contributed by atoms with van der Waals surface area (Å²) in [6.45, 7) is 7.86. The average Bonchev–Trinajstić information content (AvgIpc) is 2.15. The summed E-state index contributed by atoms with van der Waals surface area (Å²) in [6.07, 6.45) is 0. The zero-order valence-corrected chi connectivity index (χ0v) is 10.8. The van der Waals surface area contributed by atoms with Crippen LogP contribution in [0.1, 0.15) is 26.3 Å². The van der Waals surface area contributed by atoms with Gasteiger partial charge in [0.1, 0.15) is 6.54 Å². The van der Waals surface area contributed by atoms with Crippen LogP contribution in [0.25, 0.3) is 0 Å². The van der Waals surface area contributed by atoms with Gasteiger partial charge in [-0.15, -0.1) is 0 Å². The fourth-order valence-corrected chi connectivity index (χ4v) is 1.25. The minimum absolute atomic E-state index is 0.125. The lowest BCUT2D eigenvalue weighted by Crippen LogP contribution is -2.34. The van der Waals surface area contributed by atoms with Gasteiger partial charge in [-0.3, -0.25) is 9.63 Å². The van der Waals surface area contributed by atoms with Gasteiger partial charge in [0.2, 0.25) is 5.91 Å². The zero-order valence-electron chi connectivity index (χ0n) is 10.8. The number of amides is 1. The van der Waals surface area contributed by atoms with Crippen LogP contribution in [0.5, 0.6) is 0 Å². The van der Waals surface area contributed by atoms with Gasteiger partial charge in [-0.1, -0.05) is 12.1 Å². The number of hydrogen-bond donors (Lipinski definition) is 2. The van der Waals surface area contributed by atoms with Crippen LogP contribution in [0, 0.1) is 6.92 Å². The van der Waals surface area contributed by atoms with Crippen molar-refractivity contribution in [2.75, 3.05) is 11.9 Å². The fourth-order valence-electron chi connectivity index (χ4n) is 1.25. The molecule has 94 valence electrons. The summed E-state index contributed by atoms with van der Waals surface area (Å²) in [5.74, 6) is -0.125. The molecule has 0 bridgehead atoms. The molecule has 0 saturated carbocycles. The Kier molecular flexibility index (Phi) is 4.66. The third-order valence-electron chi connectivity index (χ3n) is 1.91. The van der Waals surface area contributed by atoms with Gasteiger partial charge in [-0.05, 0) is 45.4 Å². The van der Waals surface area contributed by atoms with E-state index < -0.39 is 0 Å². The summed E-state index contributed by atoms with van der Waals surface area (Å²) in [4.78, 5) is 16.8. The lowest BCUT2D eigenvalue weighted by molar-refractivity contribution is -0.122. The highest BCUT2D eigenvalue weighted by atomic mass is 16.7. The third-order valence-corrected chi connectivity index (χ3v) is 1.91. The second kappa shape index (κ2) is 5.80. The van der Waals surface area contributed by atoms with Crippen molar-refractivity contribution in [2.24, 2.45) is 0 Å². The number of aryl methyl sites for hydroxylation is 1. The minimum Gasteiger partial charge on any atom is -0.325 e. The topological polar surface area (TPSA) is 50.4 Å². The molecule has 1 aromatic carbocycles. The molecule has 0 fully saturated rings.